The molecule has 5 atom stereocenters. The van der Waals surface area contributed by atoms with Crippen molar-refractivity contribution in [3.05, 3.63) is 53.1 Å². The molecule has 0 amide bonds. The van der Waals surface area contributed by atoms with Gasteiger partial charge in [0.05, 0.1) is 6.61 Å². The van der Waals surface area contributed by atoms with Crippen LogP contribution in [0.2, 0.25) is 0 Å². The van der Waals surface area contributed by atoms with Gasteiger partial charge in [-0.3, -0.25) is 0 Å². The van der Waals surface area contributed by atoms with Gasteiger partial charge in [0.25, 0.3) is 0 Å². The van der Waals surface area contributed by atoms with Gasteiger partial charge in [0, 0.05) is 18.1 Å². The topological polar surface area (TPSA) is 140 Å². The molecule has 1 fully saturated rings. The molecule has 1 saturated heterocycles. The second-order valence-electron chi connectivity index (χ2n) is 6.90. The van der Waals surface area contributed by atoms with E-state index in [2.05, 4.69) is 0 Å². The van der Waals surface area contributed by atoms with Gasteiger partial charge in [0.1, 0.15) is 41.7 Å². The van der Waals surface area contributed by atoms with Crippen LogP contribution in [0, 0.1) is 6.92 Å². The molecule has 1 aliphatic rings. The first-order valence-corrected chi connectivity index (χ1v) is 8.87. The van der Waals surface area contributed by atoms with Crippen LogP contribution < -0.4 is 4.74 Å². The van der Waals surface area contributed by atoms with Gasteiger partial charge in [-0.1, -0.05) is 12.1 Å². The van der Waals surface area contributed by atoms with E-state index in [1.807, 2.05) is 0 Å². The fourth-order valence-corrected chi connectivity index (χ4v) is 3.21. The fraction of sp³-hybridized carbons (Fsp3) is 0.400. The van der Waals surface area contributed by atoms with E-state index in [0.717, 1.165) is 11.1 Å². The van der Waals surface area contributed by atoms with Gasteiger partial charge in [-0.25, -0.2) is 0 Å². The summed E-state index contributed by atoms with van der Waals surface area (Å²) in [6, 6.07) is 9.55. The Hall–Kier alpha value is -2.36. The molecule has 3 rings (SSSR count). The average Bonchev–Trinajstić information content (AvgIpc) is 2.66. The molecule has 1 heterocycles. The van der Waals surface area contributed by atoms with Crippen molar-refractivity contribution in [3.8, 4) is 17.2 Å². The zero-order chi connectivity index (χ0) is 20.4. The SMILES string of the molecule is Cc1cc(O)cc(OC2OC(CO)C(O)C(O)C2O)c1Cc1ccc(O)cc1. The third-order valence-electron chi connectivity index (χ3n) is 4.83. The van der Waals surface area contributed by atoms with Crippen molar-refractivity contribution in [1.29, 1.82) is 0 Å². The van der Waals surface area contributed by atoms with Crippen LogP contribution in [0.15, 0.2) is 36.4 Å². The molecule has 0 saturated carbocycles. The van der Waals surface area contributed by atoms with E-state index >= 15 is 0 Å². The van der Waals surface area contributed by atoms with Crippen LogP contribution in [-0.4, -0.2) is 68.0 Å². The summed E-state index contributed by atoms with van der Waals surface area (Å²) < 4.78 is 11.1. The van der Waals surface area contributed by atoms with Crippen LogP contribution in [0.25, 0.3) is 0 Å². The summed E-state index contributed by atoms with van der Waals surface area (Å²) in [5.41, 5.74) is 2.32. The summed E-state index contributed by atoms with van der Waals surface area (Å²) in [5, 5.41) is 58.8. The molecule has 5 unspecified atom stereocenters. The fourth-order valence-electron chi connectivity index (χ4n) is 3.21. The second kappa shape index (κ2) is 8.34. The van der Waals surface area contributed by atoms with Gasteiger partial charge in [-0.15, -0.1) is 0 Å². The molecule has 0 radical (unpaired) electrons. The molecule has 2 aromatic carbocycles. The number of hydrogen-bond acceptors (Lipinski definition) is 8. The van der Waals surface area contributed by atoms with Crippen molar-refractivity contribution in [2.24, 2.45) is 0 Å². The maximum Gasteiger partial charge on any atom is 0.229 e. The predicted molar refractivity (Wildman–Crippen MR) is 98.2 cm³/mol. The molecule has 0 spiro atoms. The Labute approximate surface area is 161 Å². The van der Waals surface area contributed by atoms with Crippen molar-refractivity contribution in [1.82, 2.24) is 0 Å². The van der Waals surface area contributed by atoms with Crippen LogP contribution in [0.3, 0.4) is 0 Å². The number of ether oxygens (including phenoxy) is 2. The number of phenols is 2. The number of hydrogen-bond donors (Lipinski definition) is 6. The first-order valence-electron chi connectivity index (χ1n) is 8.87. The molecule has 8 heteroatoms. The Kier molecular flexibility index (Phi) is 6.07. The van der Waals surface area contributed by atoms with E-state index in [0.29, 0.717) is 12.0 Å². The van der Waals surface area contributed by atoms with Crippen molar-refractivity contribution in [2.75, 3.05) is 6.61 Å². The van der Waals surface area contributed by atoms with Crippen LogP contribution in [-0.2, 0) is 11.2 Å². The van der Waals surface area contributed by atoms with Gasteiger partial charge in [-0.05, 0) is 36.2 Å². The minimum Gasteiger partial charge on any atom is -0.508 e. The van der Waals surface area contributed by atoms with Crippen LogP contribution in [0.4, 0.5) is 0 Å². The molecule has 0 bridgehead atoms. The maximum absolute atomic E-state index is 10.2. The minimum absolute atomic E-state index is 0.0495. The smallest absolute Gasteiger partial charge is 0.229 e. The highest BCUT2D eigenvalue weighted by Gasteiger charge is 2.44. The number of phenolic OH excluding ortho intramolecular Hbond substituents is 2. The molecular formula is C20H24O8. The minimum atomic E-state index is -1.56. The number of aryl methyl sites for hydroxylation is 1. The lowest BCUT2D eigenvalue weighted by molar-refractivity contribution is -0.277. The Morgan fingerprint density at radius 3 is 2.25 bits per heavy atom. The molecule has 152 valence electrons. The van der Waals surface area contributed by atoms with Crippen molar-refractivity contribution >= 4 is 0 Å². The van der Waals surface area contributed by atoms with E-state index in [4.69, 9.17) is 9.47 Å². The van der Waals surface area contributed by atoms with E-state index in [9.17, 15) is 30.6 Å². The second-order valence-corrected chi connectivity index (χ2v) is 6.90. The zero-order valence-corrected chi connectivity index (χ0v) is 15.3. The molecule has 0 aliphatic carbocycles. The first kappa shape index (κ1) is 20.4. The number of aromatic hydroxyl groups is 2. The predicted octanol–water partition coefficient (Wildman–Crippen LogP) is 0.176. The van der Waals surface area contributed by atoms with E-state index in [1.54, 1.807) is 37.3 Å². The van der Waals surface area contributed by atoms with E-state index < -0.39 is 37.3 Å². The third kappa shape index (κ3) is 4.21. The highest BCUT2D eigenvalue weighted by atomic mass is 16.7. The standard InChI is InChI=1S/C20H24O8/c1-10-6-13(23)8-15(14(10)7-11-2-4-12(22)5-3-11)27-20-19(26)18(25)17(24)16(9-21)28-20/h2-6,8,16-26H,7,9H2,1H3. The van der Waals surface area contributed by atoms with Crippen molar-refractivity contribution < 1.29 is 40.1 Å². The molecular weight excluding hydrogens is 368 g/mol. The average molecular weight is 392 g/mol. The highest BCUT2D eigenvalue weighted by molar-refractivity contribution is 5.48. The summed E-state index contributed by atoms with van der Waals surface area (Å²) in [6.45, 7) is 1.22. The van der Waals surface area contributed by atoms with Crippen LogP contribution in [0.1, 0.15) is 16.7 Å². The van der Waals surface area contributed by atoms with Gasteiger partial charge in [-0.2, -0.15) is 0 Å². The van der Waals surface area contributed by atoms with Gasteiger partial charge >= 0.3 is 0 Å². The Morgan fingerprint density at radius 2 is 1.61 bits per heavy atom. The van der Waals surface area contributed by atoms with Crippen LogP contribution >= 0.6 is 0 Å². The molecule has 6 N–H and O–H groups in total. The number of rotatable bonds is 5. The quantitative estimate of drug-likeness (QED) is 0.423. The van der Waals surface area contributed by atoms with Gasteiger partial charge < -0.3 is 40.1 Å². The van der Waals surface area contributed by atoms with Crippen molar-refractivity contribution in [3.63, 3.8) is 0 Å². The maximum atomic E-state index is 10.2. The lowest BCUT2D eigenvalue weighted by atomic mass is 9.98. The molecule has 28 heavy (non-hydrogen) atoms. The monoisotopic (exact) mass is 392 g/mol. The normalized spacial score (nSPS) is 27.5. The third-order valence-corrected chi connectivity index (χ3v) is 4.83. The Balaban J connectivity index is 1.89. The first-order chi connectivity index (χ1) is 13.3. The largest absolute Gasteiger partial charge is 0.508 e. The highest BCUT2D eigenvalue weighted by Crippen LogP contribution is 2.33. The number of aliphatic hydroxyl groups is 4. The Morgan fingerprint density at radius 1 is 0.929 bits per heavy atom. The van der Waals surface area contributed by atoms with E-state index in [1.165, 1.54) is 6.07 Å². The van der Waals surface area contributed by atoms with Crippen molar-refractivity contribution in [2.45, 2.75) is 44.1 Å². The number of aliphatic hydroxyl groups excluding tert-OH is 4. The Bertz CT molecular complexity index is 805. The van der Waals surface area contributed by atoms with Crippen LogP contribution in [0.5, 0.6) is 17.2 Å². The molecule has 1 aliphatic heterocycles. The lowest BCUT2D eigenvalue weighted by Gasteiger charge is -2.39. The summed E-state index contributed by atoms with van der Waals surface area (Å²) >= 11 is 0. The van der Waals surface area contributed by atoms with Gasteiger partial charge in [0.15, 0.2) is 0 Å². The lowest BCUT2D eigenvalue weighted by Crippen LogP contribution is -2.60. The summed E-state index contributed by atoms with van der Waals surface area (Å²) in [6.07, 6.45) is -6.63. The summed E-state index contributed by atoms with van der Waals surface area (Å²) in [4.78, 5) is 0. The molecule has 0 aromatic heterocycles. The van der Waals surface area contributed by atoms with Gasteiger partial charge in [0.2, 0.25) is 6.29 Å². The summed E-state index contributed by atoms with van der Waals surface area (Å²) in [5.74, 6) is 0.324. The molecule has 8 nitrogen and oxygen atoms in total. The summed E-state index contributed by atoms with van der Waals surface area (Å²) in [7, 11) is 0. The van der Waals surface area contributed by atoms with E-state index in [-0.39, 0.29) is 17.2 Å². The zero-order valence-electron chi connectivity index (χ0n) is 15.3. The molecule has 2 aromatic rings. The number of benzene rings is 2.